The van der Waals surface area contributed by atoms with Crippen molar-refractivity contribution in [3.8, 4) is 0 Å². The number of carbonyl (C=O) groups excluding carboxylic acids is 1. The number of amides is 1. The van der Waals surface area contributed by atoms with E-state index < -0.39 is 0 Å². The van der Waals surface area contributed by atoms with E-state index in [0.717, 1.165) is 55.2 Å². The smallest absolute Gasteiger partial charge is 0.257 e. The first-order valence-electron chi connectivity index (χ1n) is 10.4. The number of nitrogens with one attached hydrogen (secondary N) is 3. The quantitative estimate of drug-likeness (QED) is 0.581. The van der Waals surface area contributed by atoms with E-state index in [1.165, 1.54) is 0 Å². The van der Waals surface area contributed by atoms with Crippen molar-refractivity contribution < 1.29 is 4.79 Å². The number of anilines is 1. The van der Waals surface area contributed by atoms with E-state index in [-0.39, 0.29) is 11.5 Å². The summed E-state index contributed by atoms with van der Waals surface area (Å²) in [6.07, 6.45) is 5.92. The Bertz CT molecular complexity index is 1110. The van der Waals surface area contributed by atoms with Gasteiger partial charge in [-0.05, 0) is 37.8 Å². The van der Waals surface area contributed by atoms with Crippen LogP contribution in [0.4, 0.5) is 5.69 Å². The fourth-order valence-corrected chi connectivity index (χ4v) is 4.18. The molecule has 0 bridgehead atoms. The Labute approximate surface area is 168 Å². The molecular formula is C22H25N5O2. The number of aromatic amines is 1. The highest BCUT2D eigenvalue weighted by Gasteiger charge is 2.26. The van der Waals surface area contributed by atoms with Crippen molar-refractivity contribution in [1.82, 2.24) is 20.2 Å². The number of nitrogens with zero attached hydrogens (tertiary/aromatic N) is 2. The molecule has 0 spiro atoms. The molecule has 1 aromatic carbocycles. The van der Waals surface area contributed by atoms with Gasteiger partial charge in [0.05, 0.1) is 6.54 Å². The van der Waals surface area contributed by atoms with Crippen molar-refractivity contribution in [3.05, 3.63) is 46.9 Å². The molecule has 0 atom stereocenters. The summed E-state index contributed by atoms with van der Waals surface area (Å²) < 4.78 is 0. The minimum atomic E-state index is -0.115. The topological polar surface area (TPSA) is 90.1 Å². The van der Waals surface area contributed by atoms with Crippen molar-refractivity contribution in [2.24, 2.45) is 0 Å². The third kappa shape index (κ3) is 3.82. The van der Waals surface area contributed by atoms with Gasteiger partial charge < -0.3 is 15.6 Å². The van der Waals surface area contributed by atoms with Crippen molar-refractivity contribution >= 4 is 33.4 Å². The second-order valence-electron chi connectivity index (χ2n) is 8.12. The molecule has 7 nitrogen and oxygen atoms in total. The number of benzene rings is 1. The zero-order valence-corrected chi connectivity index (χ0v) is 16.3. The molecule has 1 aliphatic carbocycles. The van der Waals surface area contributed by atoms with Crippen LogP contribution in [0, 0.1) is 0 Å². The first kappa shape index (κ1) is 18.1. The number of likely N-dealkylation sites (tertiary alicyclic amines) is 1. The van der Waals surface area contributed by atoms with E-state index in [1.807, 2.05) is 30.3 Å². The maximum atomic E-state index is 12.3. The average molecular weight is 391 g/mol. The first-order valence-corrected chi connectivity index (χ1v) is 10.4. The molecule has 2 fully saturated rings. The zero-order chi connectivity index (χ0) is 19.8. The average Bonchev–Trinajstić information content (AvgIpc) is 3.53. The van der Waals surface area contributed by atoms with Crippen LogP contribution in [0.3, 0.4) is 0 Å². The van der Waals surface area contributed by atoms with Crippen LogP contribution in [-0.4, -0.2) is 52.5 Å². The van der Waals surface area contributed by atoms with E-state index in [2.05, 4.69) is 25.5 Å². The second kappa shape index (κ2) is 7.48. The molecule has 3 aromatic rings. The molecule has 0 unspecified atom stereocenters. The molecule has 1 saturated heterocycles. The number of H-pyrrole nitrogens is 1. The van der Waals surface area contributed by atoms with Gasteiger partial charge in [0, 0.05) is 53.2 Å². The Morgan fingerprint density at radius 1 is 1.07 bits per heavy atom. The highest BCUT2D eigenvalue weighted by molar-refractivity contribution is 6.10. The summed E-state index contributed by atoms with van der Waals surface area (Å²) >= 11 is 0. The van der Waals surface area contributed by atoms with Crippen molar-refractivity contribution in [2.45, 2.75) is 37.8 Å². The van der Waals surface area contributed by atoms with E-state index in [0.29, 0.717) is 29.7 Å². The Hall–Kier alpha value is -2.93. The maximum absolute atomic E-state index is 12.3. The molecule has 3 N–H and O–H groups in total. The molecule has 1 aliphatic heterocycles. The number of piperidine rings is 1. The summed E-state index contributed by atoms with van der Waals surface area (Å²) in [5, 5.41) is 9.26. The minimum absolute atomic E-state index is 0.115. The summed E-state index contributed by atoms with van der Waals surface area (Å²) in [6.45, 7) is 2.29. The van der Waals surface area contributed by atoms with Crippen molar-refractivity contribution in [2.75, 3.05) is 25.0 Å². The largest absolute Gasteiger partial charge is 0.382 e. The normalized spacial score (nSPS) is 18.2. The monoisotopic (exact) mass is 391 g/mol. The third-order valence-corrected chi connectivity index (χ3v) is 5.88. The third-order valence-electron chi connectivity index (χ3n) is 5.88. The van der Waals surface area contributed by atoms with Gasteiger partial charge in [0.15, 0.2) is 0 Å². The van der Waals surface area contributed by atoms with Gasteiger partial charge in [0.2, 0.25) is 5.91 Å². The lowest BCUT2D eigenvalue weighted by Gasteiger charge is -2.32. The van der Waals surface area contributed by atoms with E-state index in [4.69, 9.17) is 0 Å². The fraction of sp³-hybridized carbons (Fsp3) is 0.409. The summed E-state index contributed by atoms with van der Waals surface area (Å²) in [4.78, 5) is 33.9. The predicted octanol–water partition coefficient (Wildman–Crippen LogP) is 2.23. The maximum Gasteiger partial charge on any atom is 0.257 e. The summed E-state index contributed by atoms with van der Waals surface area (Å²) in [6, 6.07) is 10.4. The molecule has 5 rings (SSSR count). The highest BCUT2D eigenvalue weighted by atomic mass is 16.2. The standard InChI is InChI=1S/C22H25N5O2/c28-19(25-14-5-6-14)13-27-11-8-15(9-12-27)24-18-7-10-23-21-20(18)16-3-1-2-4-17(16)22(29)26-21/h1-4,7,10,14-15H,5-6,8-9,11-13H2,(H,25,28)(H2,23,24,26,29). The molecule has 29 heavy (non-hydrogen) atoms. The Morgan fingerprint density at radius 2 is 1.83 bits per heavy atom. The number of pyridine rings is 2. The molecule has 3 heterocycles. The molecule has 2 aromatic heterocycles. The summed E-state index contributed by atoms with van der Waals surface area (Å²) in [5.41, 5.74) is 1.48. The number of rotatable bonds is 5. The molecule has 150 valence electrons. The summed E-state index contributed by atoms with van der Waals surface area (Å²) in [7, 11) is 0. The van der Waals surface area contributed by atoms with Gasteiger partial charge in [-0.25, -0.2) is 4.98 Å². The Morgan fingerprint density at radius 3 is 2.59 bits per heavy atom. The van der Waals surface area contributed by atoms with Gasteiger partial charge in [-0.15, -0.1) is 0 Å². The molecule has 1 saturated carbocycles. The van der Waals surface area contributed by atoms with Crippen LogP contribution in [0.5, 0.6) is 0 Å². The van der Waals surface area contributed by atoms with E-state index in [1.54, 1.807) is 6.20 Å². The summed E-state index contributed by atoms with van der Waals surface area (Å²) in [5.74, 6) is 0.148. The van der Waals surface area contributed by atoms with Gasteiger partial charge in [0.25, 0.3) is 5.56 Å². The Kier molecular flexibility index (Phi) is 4.67. The highest BCUT2D eigenvalue weighted by Crippen LogP contribution is 2.28. The van der Waals surface area contributed by atoms with Crippen LogP contribution < -0.4 is 16.2 Å². The number of aromatic nitrogens is 2. The Balaban J connectivity index is 1.32. The molecule has 1 amide bonds. The lowest BCUT2D eigenvalue weighted by atomic mass is 10.0. The molecule has 7 heteroatoms. The number of carbonyl (C=O) groups is 1. The van der Waals surface area contributed by atoms with Gasteiger partial charge >= 0.3 is 0 Å². The van der Waals surface area contributed by atoms with Gasteiger partial charge in [0.1, 0.15) is 5.65 Å². The molecule has 2 aliphatic rings. The lowest BCUT2D eigenvalue weighted by molar-refractivity contribution is -0.122. The van der Waals surface area contributed by atoms with E-state index in [9.17, 15) is 9.59 Å². The molecule has 0 radical (unpaired) electrons. The molecular weight excluding hydrogens is 366 g/mol. The van der Waals surface area contributed by atoms with Crippen LogP contribution >= 0.6 is 0 Å². The second-order valence-corrected chi connectivity index (χ2v) is 8.12. The zero-order valence-electron chi connectivity index (χ0n) is 16.3. The van der Waals surface area contributed by atoms with Crippen LogP contribution in [0.15, 0.2) is 41.3 Å². The van der Waals surface area contributed by atoms with Crippen LogP contribution in [0.25, 0.3) is 21.8 Å². The predicted molar refractivity (Wildman–Crippen MR) is 114 cm³/mol. The van der Waals surface area contributed by atoms with Crippen molar-refractivity contribution in [1.29, 1.82) is 0 Å². The minimum Gasteiger partial charge on any atom is -0.382 e. The SMILES string of the molecule is O=C(CN1CCC(Nc2ccnc3[nH]c(=O)c4ccccc4c23)CC1)NC1CC1. The van der Waals surface area contributed by atoms with Crippen LogP contribution in [0.2, 0.25) is 0 Å². The number of hydrogen-bond donors (Lipinski definition) is 3. The van der Waals surface area contributed by atoms with Crippen LogP contribution in [0.1, 0.15) is 25.7 Å². The van der Waals surface area contributed by atoms with Gasteiger partial charge in [-0.3, -0.25) is 14.5 Å². The van der Waals surface area contributed by atoms with Crippen LogP contribution in [-0.2, 0) is 4.79 Å². The first-order chi connectivity index (χ1) is 14.2. The number of hydrogen-bond acceptors (Lipinski definition) is 5. The van der Waals surface area contributed by atoms with E-state index >= 15 is 0 Å². The fourth-order valence-electron chi connectivity index (χ4n) is 4.18. The van der Waals surface area contributed by atoms with Crippen molar-refractivity contribution in [3.63, 3.8) is 0 Å². The van der Waals surface area contributed by atoms with Gasteiger partial charge in [-0.1, -0.05) is 18.2 Å². The lowest BCUT2D eigenvalue weighted by Crippen LogP contribution is -2.44. The van der Waals surface area contributed by atoms with Gasteiger partial charge in [-0.2, -0.15) is 0 Å². The number of fused-ring (bicyclic) bond motifs is 3.